The van der Waals surface area contributed by atoms with Crippen molar-refractivity contribution in [3.8, 4) is 0 Å². The Hall–Kier alpha value is -1.36. The predicted octanol–water partition coefficient (Wildman–Crippen LogP) is 0.560. The van der Waals surface area contributed by atoms with Crippen molar-refractivity contribution < 1.29 is 19.4 Å². The lowest BCUT2D eigenvalue weighted by atomic mass is 10.3. The van der Waals surface area contributed by atoms with Gasteiger partial charge in [0.05, 0.1) is 13.0 Å². The van der Waals surface area contributed by atoms with E-state index >= 15 is 0 Å². The molecule has 0 spiro atoms. The summed E-state index contributed by atoms with van der Waals surface area (Å²) in [5, 5.41) is 11.4. The maximum Gasteiger partial charge on any atom is 0.330 e. The largest absolute Gasteiger partial charge is 0.478 e. The lowest BCUT2D eigenvalue weighted by Crippen LogP contribution is -2.20. The Labute approximate surface area is 89.1 Å². The highest BCUT2D eigenvalue weighted by molar-refractivity contribution is 5.85. The summed E-state index contributed by atoms with van der Waals surface area (Å²) < 4.78 is 4.72. The summed E-state index contributed by atoms with van der Waals surface area (Å²) in [6.45, 7) is 4.59. The third-order valence-corrected chi connectivity index (χ3v) is 1.70. The van der Waals surface area contributed by atoms with Crippen LogP contribution in [0, 0.1) is 0 Å². The minimum Gasteiger partial charge on any atom is -0.478 e. The Balaban J connectivity index is 3.51. The smallest absolute Gasteiger partial charge is 0.330 e. The number of esters is 1. The summed E-state index contributed by atoms with van der Waals surface area (Å²) in [7, 11) is 0. The summed E-state index contributed by atoms with van der Waals surface area (Å²) >= 11 is 0. The van der Waals surface area contributed by atoms with Crippen LogP contribution >= 0.6 is 0 Å². The SMILES string of the molecule is CCOC(=O)CCNC/C=C(/C)C(=O)O. The second-order valence-electron chi connectivity index (χ2n) is 2.95. The lowest BCUT2D eigenvalue weighted by Gasteiger charge is -2.02. The van der Waals surface area contributed by atoms with Crippen molar-refractivity contribution >= 4 is 11.9 Å². The Morgan fingerprint density at radius 1 is 1.47 bits per heavy atom. The van der Waals surface area contributed by atoms with Crippen LogP contribution in [-0.2, 0) is 14.3 Å². The van der Waals surface area contributed by atoms with Gasteiger partial charge in [0, 0.05) is 18.7 Å². The fourth-order valence-corrected chi connectivity index (χ4v) is 0.838. The minimum atomic E-state index is -0.929. The van der Waals surface area contributed by atoms with Crippen molar-refractivity contribution in [2.45, 2.75) is 20.3 Å². The topological polar surface area (TPSA) is 75.6 Å². The van der Waals surface area contributed by atoms with Gasteiger partial charge in [-0.15, -0.1) is 0 Å². The number of hydrogen-bond donors (Lipinski definition) is 2. The van der Waals surface area contributed by atoms with Crippen molar-refractivity contribution in [2.24, 2.45) is 0 Å². The van der Waals surface area contributed by atoms with Crippen LogP contribution in [0.15, 0.2) is 11.6 Å². The van der Waals surface area contributed by atoms with Gasteiger partial charge in [-0.25, -0.2) is 4.79 Å². The summed E-state index contributed by atoms with van der Waals surface area (Å²) in [5.74, 6) is -1.17. The maximum atomic E-state index is 10.9. The van der Waals surface area contributed by atoms with Gasteiger partial charge in [0.2, 0.25) is 0 Å². The van der Waals surface area contributed by atoms with Gasteiger partial charge in [0.15, 0.2) is 0 Å². The number of hydrogen-bond acceptors (Lipinski definition) is 4. The van der Waals surface area contributed by atoms with E-state index in [0.29, 0.717) is 31.7 Å². The quantitative estimate of drug-likeness (QED) is 0.368. The molecule has 0 bridgehead atoms. The van der Waals surface area contributed by atoms with Crippen LogP contribution in [0.1, 0.15) is 20.3 Å². The van der Waals surface area contributed by atoms with E-state index in [0.717, 1.165) is 0 Å². The first kappa shape index (κ1) is 13.6. The second-order valence-corrected chi connectivity index (χ2v) is 2.95. The predicted molar refractivity (Wildman–Crippen MR) is 55.5 cm³/mol. The van der Waals surface area contributed by atoms with E-state index in [-0.39, 0.29) is 5.97 Å². The third kappa shape index (κ3) is 7.69. The molecule has 2 N–H and O–H groups in total. The van der Waals surface area contributed by atoms with Crippen LogP contribution in [0.4, 0.5) is 0 Å². The summed E-state index contributed by atoms with van der Waals surface area (Å²) in [4.78, 5) is 21.3. The molecule has 0 radical (unpaired) electrons. The fraction of sp³-hybridized carbons (Fsp3) is 0.600. The first-order valence-corrected chi connectivity index (χ1v) is 4.84. The number of carbonyl (C=O) groups is 2. The summed E-state index contributed by atoms with van der Waals surface area (Å²) in [5.41, 5.74) is 0.290. The number of carboxylic acid groups (broad SMARTS) is 1. The highest BCUT2D eigenvalue weighted by Gasteiger charge is 2.00. The highest BCUT2D eigenvalue weighted by Crippen LogP contribution is 1.90. The first-order chi connectivity index (χ1) is 7.07. The molecule has 0 aromatic rings. The summed E-state index contributed by atoms with van der Waals surface area (Å²) in [6, 6.07) is 0. The second kappa shape index (κ2) is 7.99. The molecule has 0 aliphatic carbocycles. The Bertz CT molecular complexity index is 248. The number of nitrogens with one attached hydrogen (secondary N) is 1. The van der Waals surface area contributed by atoms with Crippen LogP contribution < -0.4 is 5.32 Å². The van der Waals surface area contributed by atoms with Crippen LogP contribution in [0.5, 0.6) is 0 Å². The molecule has 0 aromatic heterocycles. The monoisotopic (exact) mass is 215 g/mol. The molecular weight excluding hydrogens is 198 g/mol. The number of aliphatic carboxylic acids is 1. The Morgan fingerprint density at radius 2 is 2.13 bits per heavy atom. The van der Waals surface area contributed by atoms with Crippen molar-refractivity contribution in [2.75, 3.05) is 19.7 Å². The van der Waals surface area contributed by atoms with Gasteiger partial charge in [-0.2, -0.15) is 0 Å². The molecule has 5 heteroatoms. The molecule has 0 unspecified atom stereocenters. The molecule has 5 nitrogen and oxygen atoms in total. The van der Waals surface area contributed by atoms with E-state index in [2.05, 4.69) is 5.32 Å². The van der Waals surface area contributed by atoms with E-state index in [1.807, 2.05) is 0 Å². The van der Waals surface area contributed by atoms with Crippen LogP contribution in [0.3, 0.4) is 0 Å². The molecule has 0 heterocycles. The van der Waals surface area contributed by atoms with Crippen LogP contribution in [0.2, 0.25) is 0 Å². The van der Waals surface area contributed by atoms with Gasteiger partial charge in [-0.3, -0.25) is 4.79 Å². The van der Waals surface area contributed by atoms with E-state index in [1.165, 1.54) is 6.92 Å². The summed E-state index contributed by atoms with van der Waals surface area (Å²) in [6.07, 6.45) is 1.86. The molecule has 15 heavy (non-hydrogen) atoms. The minimum absolute atomic E-state index is 0.246. The molecule has 0 aliphatic heterocycles. The van der Waals surface area contributed by atoms with Crippen molar-refractivity contribution in [1.82, 2.24) is 5.32 Å². The molecule has 0 atom stereocenters. The van der Waals surface area contributed by atoms with Crippen molar-refractivity contribution in [3.63, 3.8) is 0 Å². The Morgan fingerprint density at radius 3 is 2.67 bits per heavy atom. The van der Waals surface area contributed by atoms with E-state index < -0.39 is 5.97 Å². The van der Waals surface area contributed by atoms with Crippen LogP contribution in [-0.4, -0.2) is 36.7 Å². The van der Waals surface area contributed by atoms with Gasteiger partial charge >= 0.3 is 11.9 Å². The van der Waals surface area contributed by atoms with E-state index in [1.54, 1.807) is 13.0 Å². The Kier molecular flexibility index (Phi) is 7.27. The van der Waals surface area contributed by atoms with Gasteiger partial charge in [0.25, 0.3) is 0 Å². The molecule has 0 aromatic carbocycles. The molecule has 0 amide bonds. The number of carbonyl (C=O) groups excluding carboxylic acids is 1. The molecule has 0 fully saturated rings. The maximum absolute atomic E-state index is 10.9. The number of carboxylic acids is 1. The van der Waals surface area contributed by atoms with Crippen LogP contribution in [0.25, 0.3) is 0 Å². The number of ether oxygens (including phenoxy) is 1. The van der Waals surface area contributed by atoms with Crippen molar-refractivity contribution in [1.29, 1.82) is 0 Å². The van der Waals surface area contributed by atoms with E-state index in [9.17, 15) is 9.59 Å². The zero-order chi connectivity index (χ0) is 11.7. The standard InChI is InChI=1S/C10H17NO4/c1-3-15-9(12)5-7-11-6-4-8(2)10(13)14/h4,11H,3,5-7H2,1-2H3,(H,13,14)/b8-4-. The molecular formula is C10H17NO4. The average Bonchev–Trinajstić information content (AvgIpc) is 2.17. The normalized spacial score (nSPS) is 11.2. The third-order valence-electron chi connectivity index (χ3n) is 1.70. The molecule has 0 saturated carbocycles. The average molecular weight is 215 g/mol. The zero-order valence-electron chi connectivity index (χ0n) is 9.08. The van der Waals surface area contributed by atoms with Gasteiger partial charge in [-0.1, -0.05) is 6.08 Å². The fourth-order valence-electron chi connectivity index (χ4n) is 0.838. The van der Waals surface area contributed by atoms with Gasteiger partial charge < -0.3 is 15.2 Å². The first-order valence-electron chi connectivity index (χ1n) is 4.84. The molecule has 0 rings (SSSR count). The molecule has 86 valence electrons. The number of rotatable bonds is 7. The lowest BCUT2D eigenvalue weighted by molar-refractivity contribution is -0.143. The highest BCUT2D eigenvalue weighted by atomic mass is 16.5. The molecule has 0 saturated heterocycles. The van der Waals surface area contributed by atoms with E-state index in [4.69, 9.17) is 9.84 Å². The van der Waals surface area contributed by atoms with Crippen molar-refractivity contribution in [3.05, 3.63) is 11.6 Å². The zero-order valence-corrected chi connectivity index (χ0v) is 9.08. The van der Waals surface area contributed by atoms with Gasteiger partial charge in [-0.05, 0) is 13.8 Å². The molecule has 0 aliphatic rings. The van der Waals surface area contributed by atoms with Gasteiger partial charge in [0.1, 0.15) is 0 Å².